The summed E-state index contributed by atoms with van der Waals surface area (Å²) in [6.45, 7) is 2.57. The molecule has 1 saturated heterocycles. The lowest BCUT2D eigenvalue weighted by Crippen LogP contribution is -2.26. The SMILES string of the molecule is Cn1cnnc1Sc1ccc(C(=O)NCCC2CCNC2)cc1[N+](=O)[O-]. The maximum Gasteiger partial charge on any atom is 0.284 e. The second-order valence-electron chi connectivity index (χ2n) is 6.17. The van der Waals surface area contributed by atoms with Gasteiger partial charge in [-0.2, -0.15) is 0 Å². The zero-order chi connectivity index (χ0) is 18.5. The van der Waals surface area contributed by atoms with Gasteiger partial charge in [0, 0.05) is 25.2 Å². The normalized spacial score (nSPS) is 16.6. The third kappa shape index (κ3) is 4.38. The van der Waals surface area contributed by atoms with Crippen LogP contribution in [0.5, 0.6) is 0 Å². The fraction of sp³-hybridized carbons (Fsp3) is 0.438. The molecule has 0 bridgehead atoms. The van der Waals surface area contributed by atoms with E-state index in [9.17, 15) is 14.9 Å². The van der Waals surface area contributed by atoms with Crippen LogP contribution in [0.15, 0.2) is 34.6 Å². The van der Waals surface area contributed by atoms with Crippen LogP contribution in [0, 0.1) is 16.0 Å². The van der Waals surface area contributed by atoms with Crippen LogP contribution in [0.3, 0.4) is 0 Å². The Morgan fingerprint density at radius 2 is 2.38 bits per heavy atom. The van der Waals surface area contributed by atoms with Crippen molar-refractivity contribution in [1.82, 2.24) is 25.4 Å². The number of nitrogens with one attached hydrogen (secondary N) is 2. The highest BCUT2D eigenvalue weighted by atomic mass is 32.2. The Morgan fingerprint density at radius 1 is 1.54 bits per heavy atom. The molecule has 0 aliphatic carbocycles. The minimum atomic E-state index is -0.486. The van der Waals surface area contributed by atoms with Gasteiger partial charge in [0.2, 0.25) is 0 Å². The van der Waals surface area contributed by atoms with E-state index in [2.05, 4.69) is 20.8 Å². The van der Waals surface area contributed by atoms with E-state index in [1.54, 1.807) is 23.7 Å². The van der Waals surface area contributed by atoms with E-state index in [1.807, 2.05) is 0 Å². The van der Waals surface area contributed by atoms with Crippen LogP contribution < -0.4 is 10.6 Å². The van der Waals surface area contributed by atoms with Gasteiger partial charge in [-0.15, -0.1) is 10.2 Å². The average molecular weight is 376 g/mol. The van der Waals surface area contributed by atoms with Gasteiger partial charge in [-0.05, 0) is 55.7 Å². The first-order valence-electron chi connectivity index (χ1n) is 8.34. The van der Waals surface area contributed by atoms with Crippen molar-refractivity contribution in [2.75, 3.05) is 19.6 Å². The Labute approximate surface area is 154 Å². The van der Waals surface area contributed by atoms with Gasteiger partial charge in [0.05, 0.1) is 9.82 Å². The number of carbonyl (C=O) groups is 1. The lowest BCUT2D eigenvalue weighted by Gasteiger charge is -2.10. The maximum atomic E-state index is 12.3. The number of nitro groups is 1. The smallest absolute Gasteiger partial charge is 0.284 e. The summed E-state index contributed by atoms with van der Waals surface area (Å²) in [4.78, 5) is 23.6. The molecule has 1 aromatic heterocycles. The molecule has 9 nitrogen and oxygen atoms in total. The first-order chi connectivity index (χ1) is 12.5. The number of nitro benzene ring substituents is 1. The van der Waals surface area contributed by atoms with Crippen molar-refractivity contribution in [3.63, 3.8) is 0 Å². The average Bonchev–Trinajstić information content (AvgIpc) is 3.27. The second kappa shape index (κ2) is 8.28. The summed E-state index contributed by atoms with van der Waals surface area (Å²) in [5.41, 5.74) is 0.161. The molecule has 1 fully saturated rings. The van der Waals surface area contributed by atoms with Crippen molar-refractivity contribution in [1.29, 1.82) is 0 Å². The van der Waals surface area contributed by atoms with Gasteiger partial charge in [0.1, 0.15) is 6.33 Å². The molecule has 1 unspecified atom stereocenters. The summed E-state index contributed by atoms with van der Waals surface area (Å²) in [5, 5.41) is 25.8. The number of hydrogen-bond donors (Lipinski definition) is 2. The number of benzene rings is 1. The Hall–Kier alpha value is -2.46. The highest BCUT2D eigenvalue weighted by Gasteiger charge is 2.20. The minimum Gasteiger partial charge on any atom is -0.352 e. The molecule has 0 radical (unpaired) electrons. The Balaban J connectivity index is 1.67. The van der Waals surface area contributed by atoms with Crippen LogP contribution in [0.25, 0.3) is 0 Å². The molecule has 1 aliphatic heterocycles. The standard InChI is InChI=1S/C16H20N6O3S/c1-21-10-19-20-16(21)26-14-3-2-12(8-13(14)22(24)25)15(23)18-7-5-11-4-6-17-9-11/h2-3,8,10-11,17H,4-7,9H2,1H3,(H,18,23). The van der Waals surface area contributed by atoms with E-state index in [0.717, 1.165) is 37.7 Å². The lowest BCUT2D eigenvalue weighted by atomic mass is 10.1. The van der Waals surface area contributed by atoms with Gasteiger partial charge in [0.25, 0.3) is 11.6 Å². The molecular formula is C16H20N6O3S. The summed E-state index contributed by atoms with van der Waals surface area (Å²) >= 11 is 1.14. The first-order valence-corrected chi connectivity index (χ1v) is 9.15. The molecule has 138 valence electrons. The van der Waals surface area contributed by atoms with Crippen molar-refractivity contribution in [2.24, 2.45) is 13.0 Å². The molecule has 2 N–H and O–H groups in total. The summed E-state index contributed by atoms with van der Waals surface area (Å²) in [6, 6.07) is 4.48. The third-order valence-corrected chi connectivity index (χ3v) is 5.41. The summed E-state index contributed by atoms with van der Waals surface area (Å²) in [7, 11) is 1.76. The van der Waals surface area contributed by atoms with Crippen molar-refractivity contribution < 1.29 is 9.72 Å². The van der Waals surface area contributed by atoms with Crippen LogP contribution in [-0.2, 0) is 7.05 Å². The zero-order valence-corrected chi connectivity index (χ0v) is 15.2. The predicted molar refractivity (Wildman–Crippen MR) is 96.1 cm³/mol. The number of rotatable bonds is 7. The largest absolute Gasteiger partial charge is 0.352 e. The summed E-state index contributed by atoms with van der Waals surface area (Å²) < 4.78 is 1.67. The van der Waals surface area contributed by atoms with Crippen LogP contribution in [0.1, 0.15) is 23.2 Å². The molecule has 1 aromatic carbocycles. The second-order valence-corrected chi connectivity index (χ2v) is 7.18. The van der Waals surface area contributed by atoms with Gasteiger partial charge in [-0.25, -0.2) is 0 Å². The van der Waals surface area contributed by atoms with E-state index in [4.69, 9.17) is 0 Å². The van der Waals surface area contributed by atoms with Crippen LogP contribution in [-0.4, -0.2) is 45.2 Å². The minimum absolute atomic E-state index is 0.120. The molecule has 3 rings (SSSR count). The number of aromatic nitrogens is 3. The predicted octanol–water partition coefficient (Wildman–Crippen LogP) is 1.60. The van der Waals surface area contributed by atoms with E-state index < -0.39 is 4.92 Å². The maximum absolute atomic E-state index is 12.3. The molecular weight excluding hydrogens is 356 g/mol. The quantitative estimate of drug-likeness (QED) is 0.557. The molecule has 2 aromatic rings. The zero-order valence-electron chi connectivity index (χ0n) is 14.3. The third-order valence-electron chi connectivity index (χ3n) is 4.29. The van der Waals surface area contributed by atoms with E-state index in [0.29, 0.717) is 22.5 Å². The van der Waals surface area contributed by atoms with E-state index in [1.165, 1.54) is 12.4 Å². The molecule has 2 heterocycles. The molecule has 1 amide bonds. The molecule has 0 spiro atoms. The highest BCUT2D eigenvalue weighted by Crippen LogP contribution is 2.34. The first kappa shape index (κ1) is 18.3. The van der Waals surface area contributed by atoms with Crippen molar-refractivity contribution in [3.8, 4) is 0 Å². The Morgan fingerprint density at radius 3 is 3.04 bits per heavy atom. The van der Waals surface area contributed by atoms with Crippen LogP contribution >= 0.6 is 11.8 Å². The van der Waals surface area contributed by atoms with Crippen molar-refractivity contribution >= 4 is 23.4 Å². The van der Waals surface area contributed by atoms with Crippen LogP contribution in [0.4, 0.5) is 5.69 Å². The molecule has 10 heteroatoms. The van der Waals surface area contributed by atoms with E-state index in [-0.39, 0.29) is 17.2 Å². The topological polar surface area (TPSA) is 115 Å². The number of hydrogen-bond acceptors (Lipinski definition) is 7. The van der Waals surface area contributed by atoms with Crippen LogP contribution in [0.2, 0.25) is 0 Å². The van der Waals surface area contributed by atoms with Crippen molar-refractivity contribution in [2.45, 2.75) is 22.9 Å². The van der Waals surface area contributed by atoms with Gasteiger partial charge >= 0.3 is 0 Å². The highest BCUT2D eigenvalue weighted by molar-refractivity contribution is 7.99. The Bertz CT molecular complexity index is 803. The molecule has 1 aliphatic rings. The lowest BCUT2D eigenvalue weighted by molar-refractivity contribution is -0.387. The number of nitrogens with zero attached hydrogens (tertiary/aromatic N) is 4. The molecule has 1 atom stereocenters. The fourth-order valence-electron chi connectivity index (χ4n) is 2.80. The van der Waals surface area contributed by atoms with Gasteiger partial charge in [-0.1, -0.05) is 0 Å². The summed E-state index contributed by atoms with van der Waals surface area (Å²) in [5.74, 6) is 0.282. The number of carbonyl (C=O) groups excluding carboxylic acids is 1. The summed E-state index contributed by atoms with van der Waals surface area (Å²) in [6.07, 6.45) is 3.55. The van der Waals surface area contributed by atoms with Gasteiger partial charge in [0.15, 0.2) is 5.16 Å². The molecule has 26 heavy (non-hydrogen) atoms. The van der Waals surface area contributed by atoms with Crippen molar-refractivity contribution in [3.05, 3.63) is 40.2 Å². The molecule has 0 saturated carbocycles. The van der Waals surface area contributed by atoms with Gasteiger partial charge in [-0.3, -0.25) is 14.9 Å². The Kier molecular flexibility index (Phi) is 5.84. The van der Waals surface area contributed by atoms with E-state index >= 15 is 0 Å². The fourth-order valence-corrected chi connectivity index (χ4v) is 3.65. The number of aryl methyl sites for hydroxylation is 1. The monoisotopic (exact) mass is 376 g/mol. The number of amides is 1. The van der Waals surface area contributed by atoms with Gasteiger partial charge < -0.3 is 15.2 Å².